The molecule has 2 rings (SSSR count). The Labute approximate surface area is 124 Å². The second-order valence-electron chi connectivity index (χ2n) is 4.93. The molecular weight excluding hydrogens is 269 g/mol. The summed E-state index contributed by atoms with van der Waals surface area (Å²) in [6, 6.07) is 15.9. The fraction of sp³-hybridized carbons (Fsp3) is 0.294. The predicted molar refractivity (Wildman–Crippen MR) is 81.7 cm³/mol. The Morgan fingerprint density at radius 1 is 1.10 bits per heavy atom. The SMILES string of the molecule is CC(OCC(O)CNc1ccc(F)cc1)c1ccccc1. The lowest BCUT2D eigenvalue weighted by molar-refractivity contribution is 0.00243. The average molecular weight is 289 g/mol. The average Bonchev–Trinajstić information content (AvgIpc) is 2.53. The van der Waals surface area contributed by atoms with E-state index in [1.54, 1.807) is 12.1 Å². The van der Waals surface area contributed by atoms with Crippen molar-refractivity contribution in [2.45, 2.75) is 19.1 Å². The van der Waals surface area contributed by atoms with E-state index in [0.29, 0.717) is 6.54 Å². The second-order valence-corrected chi connectivity index (χ2v) is 4.93. The zero-order valence-corrected chi connectivity index (χ0v) is 12.0. The van der Waals surface area contributed by atoms with Crippen LogP contribution in [0, 0.1) is 5.82 Å². The molecule has 0 aliphatic rings. The van der Waals surface area contributed by atoms with Gasteiger partial charge in [-0.3, -0.25) is 0 Å². The minimum atomic E-state index is -0.624. The van der Waals surface area contributed by atoms with Crippen LogP contribution < -0.4 is 5.32 Å². The van der Waals surface area contributed by atoms with Gasteiger partial charge in [-0.2, -0.15) is 0 Å². The summed E-state index contributed by atoms with van der Waals surface area (Å²) in [4.78, 5) is 0. The van der Waals surface area contributed by atoms with Gasteiger partial charge >= 0.3 is 0 Å². The Bertz CT molecular complexity index is 530. The lowest BCUT2D eigenvalue weighted by Crippen LogP contribution is -2.25. The van der Waals surface area contributed by atoms with Gasteiger partial charge in [0.05, 0.1) is 18.8 Å². The summed E-state index contributed by atoms with van der Waals surface area (Å²) in [7, 11) is 0. The van der Waals surface area contributed by atoms with Crippen LogP contribution in [-0.4, -0.2) is 24.4 Å². The first-order valence-corrected chi connectivity index (χ1v) is 6.99. The van der Waals surface area contributed by atoms with Gasteiger partial charge in [-0.15, -0.1) is 0 Å². The summed E-state index contributed by atoms with van der Waals surface area (Å²) in [5, 5.41) is 12.9. The normalized spacial score (nSPS) is 13.7. The van der Waals surface area contributed by atoms with E-state index in [1.807, 2.05) is 37.3 Å². The minimum absolute atomic E-state index is 0.0633. The Hall–Kier alpha value is -1.91. The van der Waals surface area contributed by atoms with Crippen molar-refractivity contribution in [2.75, 3.05) is 18.5 Å². The van der Waals surface area contributed by atoms with E-state index in [1.165, 1.54) is 12.1 Å². The highest BCUT2D eigenvalue weighted by molar-refractivity contribution is 5.42. The quantitative estimate of drug-likeness (QED) is 0.821. The fourth-order valence-corrected chi connectivity index (χ4v) is 1.94. The van der Waals surface area contributed by atoms with Gasteiger partial charge in [-0.1, -0.05) is 30.3 Å². The Kier molecular flexibility index (Phi) is 5.72. The molecule has 0 amide bonds. The van der Waals surface area contributed by atoms with Crippen LogP contribution in [0.1, 0.15) is 18.6 Å². The van der Waals surface area contributed by atoms with Crippen molar-refractivity contribution in [1.29, 1.82) is 0 Å². The van der Waals surface area contributed by atoms with Gasteiger partial charge in [0.25, 0.3) is 0 Å². The number of hydrogen-bond acceptors (Lipinski definition) is 3. The maximum absolute atomic E-state index is 12.8. The van der Waals surface area contributed by atoms with Crippen LogP contribution >= 0.6 is 0 Å². The molecule has 0 radical (unpaired) electrons. The number of aliphatic hydroxyl groups is 1. The van der Waals surface area contributed by atoms with Crippen molar-refractivity contribution in [3.63, 3.8) is 0 Å². The molecule has 0 aliphatic heterocycles. The molecule has 2 atom stereocenters. The van der Waals surface area contributed by atoms with Crippen molar-refractivity contribution >= 4 is 5.69 Å². The predicted octanol–water partition coefficient (Wildman–Crippen LogP) is 3.38. The zero-order valence-electron chi connectivity index (χ0n) is 12.0. The van der Waals surface area contributed by atoms with Crippen LogP contribution in [0.15, 0.2) is 54.6 Å². The molecule has 0 saturated heterocycles. The van der Waals surface area contributed by atoms with Crippen molar-refractivity contribution in [2.24, 2.45) is 0 Å². The highest BCUT2D eigenvalue weighted by Crippen LogP contribution is 2.16. The molecule has 112 valence electrons. The first-order chi connectivity index (χ1) is 10.1. The molecule has 0 aromatic heterocycles. The number of aliphatic hydroxyl groups excluding tert-OH is 1. The number of hydrogen-bond donors (Lipinski definition) is 2. The van der Waals surface area contributed by atoms with Crippen molar-refractivity contribution in [1.82, 2.24) is 0 Å². The van der Waals surface area contributed by atoms with Crippen LogP contribution in [0.25, 0.3) is 0 Å². The summed E-state index contributed by atoms with van der Waals surface area (Å²) >= 11 is 0. The van der Waals surface area contributed by atoms with Crippen LogP contribution in [0.2, 0.25) is 0 Å². The Morgan fingerprint density at radius 3 is 2.43 bits per heavy atom. The molecule has 3 nitrogen and oxygen atoms in total. The molecule has 0 saturated carbocycles. The number of nitrogens with one attached hydrogen (secondary N) is 1. The van der Waals surface area contributed by atoms with Gasteiger partial charge in [0.15, 0.2) is 0 Å². The number of benzene rings is 2. The molecular formula is C17H20FNO2. The van der Waals surface area contributed by atoms with Gasteiger partial charge in [0.2, 0.25) is 0 Å². The number of anilines is 1. The molecule has 2 N–H and O–H groups in total. The molecule has 4 heteroatoms. The maximum Gasteiger partial charge on any atom is 0.123 e. The van der Waals surface area contributed by atoms with E-state index in [0.717, 1.165) is 11.3 Å². The standard InChI is InChI=1S/C17H20FNO2/c1-13(14-5-3-2-4-6-14)21-12-17(20)11-19-16-9-7-15(18)8-10-16/h2-10,13,17,19-20H,11-12H2,1H3. The lowest BCUT2D eigenvalue weighted by Gasteiger charge is -2.17. The minimum Gasteiger partial charge on any atom is -0.389 e. The van der Waals surface area contributed by atoms with Crippen LogP contribution in [0.3, 0.4) is 0 Å². The van der Waals surface area contributed by atoms with Crippen LogP contribution in [-0.2, 0) is 4.74 Å². The smallest absolute Gasteiger partial charge is 0.123 e. The van der Waals surface area contributed by atoms with Gasteiger partial charge in [-0.25, -0.2) is 4.39 Å². The van der Waals surface area contributed by atoms with E-state index in [2.05, 4.69) is 5.32 Å². The largest absolute Gasteiger partial charge is 0.389 e. The van der Waals surface area contributed by atoms with Gasteiger partial charge in [-0.05, 0) is 36.8 Å². The first kappa shape index (κ1) is 15.5. The lowest BCUT2D eigenvalue weighted by atomic mass is 10.1. The molecule has 21 heavy (non-hydrogen) atoms. The van der Waals surface area contributed by atoms with Crippen molar-refractivity contribution < 1.29 is 14.2 Å². The van der Waals surface area contributed by atoms with Crippen molar-refractivity contribution in [3.8, 4) is 0 Å². The zero-order chi connectivity index (χ0) is 15.1. The molecule has 2 aromatic rings. The van der Waals surface area contributed by atoms with Crippen LogP contribution in [0.4, 0.5) is 10.1 Å². The van der Waals surface area contributed by atoms with Gasteiger partial charge < -0.3 is 15.2 Å². The molecule has 0 heterocycles. The fourth-order valence-electron chi connectivity index (χ4n) is 1.94. The number of halogens is 1. The van der Waals surface area contributed by atoms with Crippen molar-refractivity contribution in [3.05, 3.63) is 66.0 Å². The van der Waals surface area contributed by atoms with E-state index in [4.69, 9.17) is 4.74 Å². The summed E-state index contributed by atoms with van der Waals surface area (Å²) in [5.41, 5.74) is 1.85. The summed E-state index contributed by atoms with van der Waals surface area (Å²) in [6.45, 7) is 2.55. The van der Waals surface area contributed by atoms with E-state index in [-0.39, 0.29) is 18.5 Å². The Balaban J connectivity index is 1.72. The monoisotopic (exact) mass is 289 g/mol. The van der Waals surface area contributed by atoms with E-state index >= 15 is 0 Å². The third kappa shape index (κ3) is 5.17. The maximum atomic E-state index is 12.8. The van der Waals surface area contributed by atoms with Crippen LogP contribution in [0.5, 0.6) is 0 Å². The van der Waals surface area contributed by atoms with E-state index in [9.17, 15) is 9.50 Å². The second kappa shape index (κ2) is 7.76. The molecule has 0 bridgehead atoms. The molecule has 0 fully saturated rings. The molecule has 0 aliphatic carbocycles. The van der Waals surface area contributed by atoms with Gasteiger partial charge in [0, 0.05) is 12.2 Å². The first-order valence-electron chi connectivity index (χ1n) is 6.99. The third-order valence-electron chi connectivity index (χ3n) is 3.19. The Morgan fingerprint density at radius 2 is 1.76 bits per heavy atom. The summed E-state index contributed by atoms with van der Waals surface area (Å²) < 4.78 is 18.4. The molecule has 2 aromatic carbocycles. The summed E-state index contributed by atoms with van der Waals surface area (Å²) in [5.74, 6) is -0.277. The highest BCUT2D eigenvalue weighted by Gasteiger charge is 2.09. The van der Waals surface area contributed by atoms with E-state index < -0.39 is 6.10 Å². The topological polar surface area (TPSA) is 41.5 Å². The number of rotatable bonds is 7. The third-order valence-corrected chi connectivity index (χ3v) is 3.19. The summed E-state index contributed by atoms with van der Waals surface area (Å²) in [6.07, 6.45) is -0.687. The highest BCUT2D eigenvalue weighted by atomic mass is 19.1. The molecule has 2 unspecified atom stereocenters. The van der Waals surface area contributed by atoms with Gasteiger partial charge in [0.1, 0.15) is 5.82 Å². The number of ether oxygens (including phenoxy) is 1. The molecule has 0 spiro atoms.